The molecular formula is C28H26N2O2S. The summed E-state index contributed by atoms with van der Waals surface area (Å²) in [6.07, 6.45) is 5.92. The highest BCUT2D eigenvalue weighted by molar-refractivity contribution is 7.15. The standard InChI is InChI=1S/C28H26N2O2S/c1-18-16-22(17-29-23-14-12-21(13-15-23)20-8-4-3-5-9-20)19(2)30(18)27-26(28(31)32)24-10-6-7-11-25(24)33-27/h3-5,8-9,12-17H,6-7,10-11H2,1-2H3,(H,31,32). The van der Waals surface area contributed by atoms with Gasteiger partial charge in [0.2, 0.25) is 0 Å². The number of aliphatic imine (C=N–C) groups is 1. The Balaban J connectivity index is 1.46. The summed E-state index contributed by atoms with van der Waals surface area (Å²) >= 11 is 1.64. The summed E-state index contributed by atoms with van der Waals surface area (Å²) in [5.74, 6) is -0.828. The van der Waals surface area contributed by atoms with Crippen molar-refractivity contribution in [3.8, 4) is 16.1 Å². The molecule has 0 fully saturated rings. The van der Waals surface area contributed by atoms with E-state index < -0.39 is 5.97 Å². The van der Waals surface area contributed by atoms with E-state index in [0.29, 0.717) is 5.56 Å². The first-order valence-corrected chi connectivity index (χ1v) is 12.1. The second kappa shape index (κ2) is 8.83. The predicted octanol–water partition coefficient (Wildman–Crippen LogP) is 7.15. The van der Waals surface area contributed by atoms with Crippen LogP contribution in [0.3, 0.4) is 0 Å². The van der Waals surface area contributed by atoms with Gasteiger partial charge < -0.3 is 9.67 Å². The zero-order chi connectivity index (χ0) is 22.9. The van der Waals surface area contributed by atoms with Gasteiger partial charge in [0, 0.05) is 28.0 Å². The lowest BCUT2D eigenvalue weighted by molar-refractivity contribution is 0.0696. The Labute approximate surface area is 197 Å². The van der Waals surface area contributed by atoms with Crippen molar-refractivity contribution in [2.45, 2.75) is 39.5 Å². The van der Waals surface area contributed by atoms with Crippen LogP contribution in [0.5, 0.6) is 0 Å². The number of benzene rings is 2. The predicted molar refractivity (Wildman–Crippen MR) is 136 cm³/mol. The number of nitrogens with zero attached hydrogens (tertiary/aromatic N) is 2. The highest BCUT2D eigenvalue weighted by Gasteiger charge is 2.27. The maximum absolute atomic E-state index is 12.2. The second-order valence-electron chi connectivity index (χ2n) is 8.53. The number of aromatic nitrogens is 1. The van der Waals surface area contributed by atoms with Crippen LogP contribution in [0.15, 0.2) is 65.7 Å². The van der Waals surface area contributed by atoms with E-state index in [2.05, 4.69) is 34.9 Å². The SMILES string of the molecule is Cc1cc(C=Nc2ccc(-c3ccccc3)cc2)c(C)n1-c1sc2c(c1C(=O)O)CCCC2. The number of thiophene rings is 1. The second-order valence-corrected chi connectivity index (χ2v) is 9.61. The Bertz CT molecular complexity index is 1350. The molecule has 0 unspecified atom stereocenters. The number of fused-ring (bicyclic) bond motifs is 1. The van der Waals surface area contributed by atoms with Crippen LogP contribution in [0.25, 0.3) is 16.1 Å². The summed E-state index contributed by atoms with van der Waals surface area (Å²) in [5.41, 5.74) is 7.79. The minimum absolute atomic E-state index is 0.483. The molecule has 5 heteroatoms. The zero-order valence-electron chi connectivity index (χ0n) is 18.8. The smallest absolute Gasteiger partial charge is 0.339 e. The van der Waals surface area contributed by atoms with Crippen molar-refractivity contribution in [1.82, 2.24) is 4.57 Å². The van der Waals surface area contributed by atoms with Crippen molar-refractivity contribution in [3.05, 3.63) is 93.6 Å². The molecule has 1 aliphatic rings. The monoisotopic (exact) mass is 454 g/mol. The molecule has 0 saturated heterocycles. The van der Waals surface area contributed by atoms with Gasteiger partial charge in [-0.1, -0.05) is 42.5 Å². The maximum Gasteiger partial charge on any atom is 0.339 e. The average Bonchev–Trinajstić information content (AvgIpc) is 3.34. The van der Waals surface area contributed by atoms with Gasteiger partial charge in [0.05, 0.1) is 11.3 Å². The fourth-order valence-electron chi connectivity index (χ4n) is 4.67. The number of hydrogen-bond donors (Lipinski definition) is 1. The van der Waals surface area contributed by atoms with E-state index in [4.69, 9.17) is 4.99 Å². The highest BCUT2D eigenvalue weighted by atomic mass is 32.1. The van der Waals surface area contributed by atoms with Gasteiger partial charge in [-0.3, -0.25) is 4.99 Å². The number of carboxylic acids is 1. The quantitative estimate of drug-likeness (QED) is 0.326. The third kappa shape index (κ3) is 4.05. The number of aromatic carboxylic acids is 1. The number of carboxylic acid groups (broad SMARTS) is 1. The summed E-state index contributed by atoms with van der Waals surface area (Å²) in [4.78, 5) is 18.1. The van der Waals surface area contributed by atoms with Crippen molar-refractivity contribution in [2.75, 3.05) is 0 Å². The molecule has 1 aliphatic carbocycles. The number of rotatable bonds is 5. The lowest BCUT2D eigenvalue weighted by atomic mass is 9.95. The van der Waals surface area contributed by atoms with Gasteiger partial charge in [0.25, 0.3) is 0 Å². The molecular weight excluding hydrogens is 428 g/mol. The molecule has 4 aromatic rings. The van der Waals surface area contributed by atoms with E-state index >= 15 is 0 Å². The third-order valence-electron chi connectivity index (χ3n) is 6.37. The van der Waals surface area contributed by atoms with Crippen LogP contribution >= 0.6 is 11.3 Å². The molecule has 1 N–H and O–H groups in total. The van der Waals surface area contributed by atoms with Gasteiger partial charge in [0.1, 0.15) is 5.00 Å². The summed E-state index contributed by atoms with van der Waals surface area (Å²) in [6.45, 7) is 4.07. The molecule has 0 atom stereocenters. The van der Waals surface area contributed by atoms with Gasteiger partial charge in [-0.25, -0.2) is 4.79 Å². The van der Waals surface area contributed by atoms with E-state index in [1.807, 2.05) is 50.4 Å². The van der Waals surface area contributed by atoms with E-state index in [1.165, 1.54) is 10.4 Å². The van der Waals surface area contributed by atoms with Gasteiger partial charge in [-0.05, 0) is 74.4 Å². The minimum Gasteiger partial charge on any atom is -0.478 e. The molecule has 2 aromatic carbocycles. The lowest BCUT2D eigenvalue weighted by Crippen LogP contribution is -2.09. The maximum atomic E-state index is 12.2. The lowest BCUT2D eigenvalue weighted by Gasteiger charge is -2.11. The molecule has 0 aliphatic heterocycles. The van der Waals surface area contributed by atoms with Crippen LogP contribution in [0.4, 0.5) is 5.69 Å². The molecule has 2 heterocycles. The summed E-state index contributed by atoms with van der Waals surface area (Å²) in [6, 6.07) is 20.6. The van der Waals surface area contributed by atoms with E-state index in [-0.39, 0.29) is 0 Å². The molecule has 33 heavy (non-hydrogen) atoms. The van der Waals surface area contributed by atoms with E-state index in [9.17, 15) is 9.90 Å². The summed E-state index contributed by atoms with van der Waals surface area (Å²) in [7, 11) is 0. The first kappa shape index (κ1) is 21.4. The summed E-state index contributed by atoms with van der Waals surface area (Å²) in [5, 5.41) is 10.8. The fourth-order valence-corrected chi connectivity index (χ4v) is 6.17. The highest BCUT2D eigenvalue weighted by Crippen LogP contribution is 2.38. The Morgan fingerprint density at radius 2 is 1.70 bits per heavy atom. The molecule has 4 nitrogen and oxygen atoms in total. The van der Waals surface area contributed by atoms with Crippen molar-refractivity contribution < 1.29 is 9.90 Å². The molecule has 0 bridgehead atoms. The van der Waals surface area contributed by atoms with E-state index in [0.717, 1.165) is 64.4 Å². The molecule has 0 radical (unpaired) electrons. The molecule has 0 saturated carbocycles. The van der Waals surface area contributed by atoms with Gasteiger partial charge in [-0.2, -0.15) is 0 Å². The van der Waals surface area contributed by atoms with Crippen molar-refractivity contribution in [2.24, 2.45) is 4.99 Å². The van der Waals surface area contributed by atoms with Crippen molar-refractivity contribution in [3.63, 3.8) is 0 Å². The molecule has 0 spiro atoms. The Kier molecular flexibility index (Phi) is 5.73. The summed E-state index contributed by atoms with van der Waals surface area (Å²) < 4.78 is 2.09. The Morgan fingerprint density at radius 3 is 2.42 bits per heavy atom. The zero-order valence-corrected chi connectivity index (χ0v) is 19.7. The third-order valence-corrected chi connectivity index (χ3v) is 7.64. The van der Waals surface area contributed by atoms with Gasteiger partial charge in [-0.15, -0.1) is 11.3 Å². The number of hydrogen-bond acceptors (Lipinski definition) is 3. The van der Waals surface area contributed by atoms with Crippen molar-refractivity contribution >= 4 is 29.2 Å². The van der Waals surface area contributed by atoms with Crippen LogP contribution in [0.2, 0.25) is 0 Å². The topological polar surface area (TPSA) is 54.6 Å². The molecule has 166 valence electrons. The molecule has 2 aromatic heterocycles. The Morgan fingerprint density at radius 1 is 1.00 bits per heavy atom. The fraction of sp³-hybridized carbons (Fsp3) is 0.214. The number of carbonyl (C=O) groups is 1. The van der Waals surface area contributed by atoms with Crippen LogP contribution in [0.1, 0.15) is 50.6 Å². The van der Waals surface area contributed by atoms with Gasteiger partial charge in [0.15, 0.2) is 0 Å². The Hall–Kier alpha value is -3.44. The number of aryl methyl sites for hydroxylation is 2. The normalized spacial score (nSPS) is 13.4. The van der Waals surface area contributed by atoms with Crippen LogP contribution in [-0.2, 0) is 12.8 Å². The largest absolute Gasteiger partial charge is 0.478 e. The van der Waals surface area contributed by atoms with Crippen LogP contribution < -0.4 is 0 Å². The van der Waals surface area contributed by atoms with Crippen LogP contribution in [0, 0.1) is 13.8 Å². The average molecular weight is 455 g/mol. The van der Waals surface area contributed by atoms with Crippen molar-refractivity contribution in [1.29, 1.82) is 0 Å². The molecule has 5 rings (SSSR count). The minimum atomic E-state index is -0.828. The van der Waals surface area contributed by atoms with Crippen LogP contribution in [-0.4, -0.2) is 21.9 Å². The van der Waals surface area contributed by atoms with E-state index in [1.54, 1.807) is 11.3 Å². The van der Waals surface area contributed by atoms with Gasteiger partial charge >= 0.3 is 5.97 Å². The first-order valence-electron chi connectivity index (χ1n) is 11.3. The first-order chi connectivity index (χ1) is 16.0. The molecule has 0 amide bonds.